The number of esters is 1. The van der Waals surface area contributed by atoms with Gasteiger partial charge in [0.25, 0.3) is 0 Å². The Morgan fingerprint density at radius 3 is 2.90 bits per heavy atom. The fraction of sp³-hybridized carbons (Fsp3) is 0.167. The van der Waals surface area contributed by atoms with Gasteiger partial charge in [-0.05, 0) is 17.7 Å². The smallest absolute Gasteiger partial charge is 0.342 e. The van der Waals surface area contributed by atoms with Crippen molar-refractivity contribution in [2.75, 3.05) is 7.11 Å². The van der Waals surface area contributed by atoms with Gasteiger partial charge in [0.05, 0.1) is 13.4 Å². The molecule has 3 nitrogen and oxygen atoms in total. The Hall–Kier alpha value is -0.960. The lowest BCUT2D eigenvalue weighted by atomic mass is 10.3. The predicted octanol–water partition coefficient (Wildman–Crippen LogP) is 1.72. The zero-order valence-electron chi connectivity index (χ0n) is 5.26. The summed E-state index contributed by atoms with van der Waals surface area (Å²) in [4.78, 5) is 10.7. The van der Waals surface area contributed by atoms with E-state index in [0.717, 1.165) is 0 Å². The highest BCUT2D eigenvalue weighted by atomic mass is 35.5. The molecule has 0 aliphatic rings. The van der Waals surface area contributed by atoms with E-state index in [2.05, 4.69) is 9.15 Å². The largest absolute Gasteiger partial charge is 0.465 e. The number of methoxy groups -OCH3 is 1. The molecule has 1 aromatic rings. The maximum atomic E-state index is 10.7. The summed E-state index contributed by atoms with van der Waals surface area (Å²) in [7, 11) is 1.28. The minimum atomic E-state index is -0.487. The molecule has 0 saturated carbocycles. The molecule has 0 bridgehead atoms. The van der Waals surface area contributed by atoms with Crippen molar-refractivity contribution < 1.29 is 13.9 Å². The highest BCUT2D eigenvalue weighted by molar-refractivity contribution is 6.31. The summed E-state index contributed by atoms with van der Waals surface area (Å²) in [5, 5.41) is 0.0619. The number of hydrogen-bond donors (Lipinski definition) is 0. The van der Waals surface area contributed by atoms with E-state index >= 15 is 0 Å². The molecular weight excluding hydrogens is 156 g/mol. The first-order chi connectivity index (χ1) is 4.75. The lowest BCUT2D eigenvalue weighted by Crippen LogP contribution is -1.99. The van der Waals surface area contributed by atoms with Gasteiger partial charge in [-0.15, -0.1) is 0 Å². The van der Waals surface area contributed by atoms with Gasteiger partial charge in [0, 0.05) is 0 Å². The average Bonchev–Trinajstić information content (AvgIpc) is 2.34. The molecule has 0 unspecified atom stereocenters. The molecule has 0 aliphatic carbocycles. The Bertz CT molecular complexity index is 241. The van der Waals surface area contributed by atoms with Crippen LogP contribution in [0.5, 0.6) is 0 Å². The molecule has 4 heteroatoms. The molecule has 54 valence electrons. The number of halogens is 1. The highest BCUT2D eigenvalue weighted by Crippen LogP contribution is 2.16. The quantitative estimate of drug-likeness (QED) is 0.588. The summed E-state index contributed by atoms with van der Waals surface area (Å²) in [5.74, 6) is -0.487. The zero-order valence-corrected chi connectivity index (χ0v) is 6.01. The first-order valence-electron chi connectivity index (χ1n) is 2.57. The Labute approximate surface area is 62.5 Å². The first kappa shape index (κ1) is 7.15. The maximum absolute atomic E-state index is 10.7. The molecule has 0 amide bonds. The van der Waals surface area contributed by atoms with Gasteiger partial charge in [0.15, 0.2) is 0 Å². The highest BCUT2D eigenvalue weighted by Gasteiger charge is 2.11. The van der Waals surface area contributed by atoms with Crippen LogP contribution in [0.15, 0.2) is 16.7 Å². The molecule has 1 rings (SSSR count). The Kier molecular flexibility index (Phi) is 1.97. The predicted molar refractivity (Wildman–Crippen MR) is 35.1 cm³/mol. The second-order valence-electron chi connectivity index (χ2n) is 1.60. The second kappa shape index (κ2) is 2.75. The van der Waals surface area contributed by atoms with Crippen molar-refractivity contribution in [3.63, 3.8) is 0 Å². The van der Waals surface area contributed by atoms with Crippen molar-refractivity contribution in [1.82, 2.24) is 0 Å². The average molecular weight is 161 g/mol. The van der Waals surface area contributed by atoms with Crippen LogP contribution in [0.4, 0.5) is 0 Å². The summed E-state index contributed by atoms with van der Waals surface area (Å²) < 4.78 is 9.04. The minimum absolute atomic E-state index is 0.0619. The van der Waals surface area contributed by atoms with Gasteiger partial charge in [-0.3, -0.25) is 0 Å². The van der Waals surface area contributed by atoms with Crippen LogP contribution in [0.1, 0.15) is 10.4 Å². The zero-order chi connectivity index (χ0) is 7.56. The number of carbonyl (C=O) groups excluding carboxylic acids is 1. The van der Waals surface area contributed by atoms with Crippen LogP contribution in [-0.4, -0.2) is 13.1 Å². The van der Waals surface area contributed by atoms with Gasteiger partial charge < -0.3 is 9.15 Å². The lowest BCUT2D eigenvalue weighted by Gasteiger charge is -1.92. The van der Waals surface area contributed by atoms with E-state index in [9.17, 15) is 4.79 Å². The van der Waals surface area contributed by atoms with E-state index in [0.29, 0.717) is 0 Å². The van der Waals surface area contributed by atoms with Crippen molar-refractivity contribution in [2.24, 2.45) is 0 Å². The molecule has 0 saturated heterocycles. The lowest BCUT2D eigenvalue weighted by molar-refractivity contribution is 0.0600. The molecule has 1 aromatic heterocycles. The maximum Gasteiger partial charge on any atom is 0.342 e. The second-order valence-corrected chi connectivity index (χ2v) is 1.94. The summed E-state index contributed by atoms with van der Waals surface area (Å²) in [6.45, 7) is 0. The Morgan fingerprint density at radius 1 is 1.80 bits per heavy atom. The molecule has 0 radical (unpaired) electrons. The SMILES string of the molecule is COC(=O)c1ccoc1Cl. The summed E-state index contributed by atoms with van der Waals surface area (Å²) in [5.41, 5.74) is 0.254. The van der Waals surface area contributed by atoms with Gasteiger partial charge in [-0.2, -0.15) is 0 Å². The fourth-order valence-corrected chi connectivity index (χ4v) is 0.741. The van der Waals surface area contributed by atoms with Crippen LogP contribution in [-0.2, 0) is 4.74 Å². The molecule has 0 atom stereocenters. The third kappa shape index (κ3) is 1.14. The number of carbonyl (C=O) groups is 1. The molecular formula is C6H5ClO3. The van der Waals surface area contributed by atoms with Crippen molar-refractivity contribution >= 4 is 17.6 Å². The van der Waals surface area contributed by atoms with Crippen molar-refractivity contribution in [3.05, 3.63) is 23.1 Å². The van der Waals surface area contributed by atoms with E-state index in [-0.39, 0.29) is 10.8 Å². The van der Waals surface area contributed by atoms with Crippen LogP contribution in [0.3, 0.4) is 0 Å². The van der Waals surface area contributed by atoms with E-state index in [1.165, 1.54) is 19.4 Å². The van der Waals surface area contributed by atoms with Crippen LogP contribution in [0.25, 0.3) is 0 Å². The standard InChI is InChI=1S/C6H5ClO3/c1-9-6(8)4-2-3-10-5(4)7/h2-3H,1H3. The van der Waals surface area contributed by atoms with E-state index in [1.807, 2.05) is 0 Å². The van der Waals surface area contributed by atoms with E-state index in [4.69, 9.17) is 11.6 Å². The molecule has 10 heavy (non-hydrogen) atoms. The third-order valence-electron chi connectivity index (χ3n) is 1.02. The number of ether oxygens (including phenoxy) is 1. The van der Waals surface area contributed by atoms with Crippen LogP contribution >= 0.6 is 11.6 Å². The minimum Gasteiger partial charge on any atom is -0.465 e. The number of furan rings is 1. The van der Waals surface area contributed by atoms with Crippen molar-refractivity contribution in [1.29, 1.82) is 0 Å². The Morgan fingerprint density at radius 2 is 2.50 bits per heavy atom. The van der Waals surface area contributed by atoms with Gasteiger partial charge in [-0.25, -0.2) is 4.79 Å². The van der Waals surface area contributed by atoms with Gasteiger partial charge >= 0.3 is 5.97 Å². The normalized spacial score (nSPS) is 9.40. The molecule has 1 heterocycles. The molecule has 0 aliphatic heterocycles. The van der Waals surface area contributed by atoms with Crippen LogP contribution < -0.4 is 0 Å². The first-order valence-corrected chi connectivity index (χ1v) is 2.95. The van der Waals surface area contributed by atoms with Gasteiger partial charge in [0.2, 0.25) is 5.22 Å². The fourth-order valence-electron chi connectivity index (χ4n) is 0.549. The number of hydrogen-bond acceptors (Lipinski definition) is 3. The van der Waals surface area contributed by atoms with Gasteiger partial charge in [-0.1, -0.05) is 0 Å². The van der Waals surface area contributed by atoms with Crippen molar-refractivity contribution in [3.8, 4) is 0 Å². The third-order valence-corrected chi connectivity index (χ3v) is 1.32. The van der Waals surface area contributed by atoms with Crippen LogP contribution in [0, 0.1) is 0 Å². The molecule has 0 spiro atoms. The summed E-state index contributed by atoms with van der Waals surface area (Å²) in [6.07, 6.45) is 1.33. The molecule has 0 N–H and O–H groups in total. The molecule has 0 aromatic carbocycles. The molecule has 0 fully saturated rings. The van der Waals surface area contributed by atoms with Crippen LogP contribution in [0.2, 0.25) is 5.22 Å². The van der Waals surface area contributed by atoms with Crippen molar-refractivity contribution in [2.45, 2.75) is 0 Å². The van der Waals surface area contributed by atoms with Gasteiger partial charge in [0.1, 0.15) is 5.56 Å². The summed E-state index contributed by atoms with van der Waals surface area (Å²) in [6, 6.07) is 1.45. The monoisotopic (exact) mass is 160 g/mol. The van der Waals surface area contributed by atoms with E-state index < -0.39 is 5.97 Å². The van der Waals surface area contributed by atoms with E-state index in [1.54, 1.807) is 0 Å². The summed E-state index contributed by atoms with van der Waals surface area (Å²) >= 11 is 5.45. The Balaban J connectivity index is 2.93. The number of rotatable bonds is 1. The topological polar surface area (TPSA) is 39.4 Å².